The molecule has 1 aromatic carbocycles. The van der Waals surface area contributed by atoms with Crippen molar-refractivity contribution in [3.05, 3.63) is 81.3 Å². The minimum absolute atomic E-state index is 0.237. The number of H-pyrrole nitrogens is 2. The second kappa shape index (κ2) is 8.30. The highest BCUT2D eigenvalue weighted by atomic mass is 16.2. The molecule has 10 heteroatoms. The predicted molar refractivity (Wildman–Crippen MR) is 104 cm³/mol. The molecule has 0 atom stereocenters. The van der Waals surface area contributed by atoms with E-state index >= 15 is 0 Å². The molecule has 0 aliphatic rings. The summed E-state index contributed by atoms with van der Waals surface area (Å²) in [6, 6.07) is 8.72. The maximum absolute atomic E-state index is 12.1. The van der Waals surface area contributed by atoms with Crippen molar-refractivity contribution in [1.29, 1.82) is 0 Å². The van der Waals surface area contributed by atoms with Crippen molar-refractivity contribution >= 4 is 17.7 Å². The maximum Gasteiger partial charge on any atom is 0.325 e. The van der Waals surface area contributed by atoms with Crippen LogP contribution in [0.2, 0.25) is 0 Å². The number of hydrogen-bond donors (Lipinski definition) is 5. The Morgan fingerprint density at radius 2 is 1.55 bits per heavy atom. The van der Waals surface area contributed by atoms with E-state index in [2.05, 4.69) is 20.6 Å². The minimum Gasteiger partial charge on any atom is -0.366 e. The summed E-state index contributed by atoms with van der Waals surface area (Å²) in [7, 11) is 1.51. The van der Waals surface area contributed by atoms with Gasteiger partial charge in [0.15, 0.2) is 0 Å². The lowest BCUT2D eigenvalue weighted by Gasteiger charge is -2.07. The number of benzene rings is 1. The molecule has 0 unspecified atom stereocenters. The Bertz CT molecular complexity index is 1110. The van der Waals surface area contributed by atoms with E-state index in [9.17, 15) is 19.2 Å². The van der Waals surface area contributed by atoms with Crippen LogP contribution in [-0.4, -0.2) is 32.3 Å². The molecule has 0 saturated carbocycles. The number of nitrogens with two attached hydrogens (primary N) is 1. The second-order valence-electron chi connectivity index (χ2n) is 6.39. The van der Waals surface area contributed by atoms with Gasteiger partial charge in [0, 0.05) is 32.5 Å². The summed E-state index contributed by atoms with van der Waals surface area (Å²) < 4.78 is 1.23. The molecule has 0 radical (unpaired) electrons. The predicted octanol–water partition coefficient (Wildman–Crippen LogP) is 0.000400. The van der Waals surface area contributed by atoms with Crippen molar-refractivity contribution in [2.45, 2.75) is 13.1 Å². The fourth-order valence-electron chi connectivity index (χ4n) is 2.64. The summed E-state index contributed by atoms with van der Waals surface area (Å²) in [6.07, 6.45) is 2.74. The first-order valence-corrected chi connectivity index (χ1v) is 8.72. The van der Waals surface area contributed by atoms with Crippen molar-refractivity contribution in [3.63, 3.8) is 0 Å². The molecular formula is C19H20N6O4. The number of aromatic amines is 2. The molecule has 0 spiro atoms. The molecule has 10 nitrogen and oxygen atoms in total. The topological polar surface area (TPSA) is 155 Å². The zero-order chi connectivity index (χ0) is 21.0. The molecule has 3 aromatic rings. The smallest absolute Gasteiger partial charge is 0.325 e. The van der Waals surface area contributed by atoms with Crippen LogP contribution >= 0.6 is 0 Å². The second-order valence-corrected chi connectivity index (χ2v) is 6.39. The molecular weight excluding hydrogens is 376 g/mol. The molecule has 0 fully saturated rings. The van der Waals surface area contributed by atoms with Crippen LogP contribution in [0.3, 0.4) is 0 Å². The van der Waals surface area contributed by atoms with E-state index < -0.39 is 5.91 Å². The molecule has 0 aliphatic carbocycles. The van der Waals surface area contributed by atoms with Crippen molar-refractivity contribution in [1.82, 2.24) is 25.2 Å². The van der Waals surface area contributed by atoms with Gasteiger partial charge in [-0.3, -0.25) is 19.0 Å². The van der Waals surface area contributed by atoms with Gasteiger partial charge in [0.1, 0.15) is 11.4 Å². The van der Waals surface area contributed by atoms with Crippen molar-refractivity contribution < 1.29 is 14.4 Å². The lowest BCUT2D eigenvalue weighted by molar-refractivity contribution is 0.0935. The van der Waals surface area contributed by atoms with Crippen LogP contribution in [0.1, 0.15) is 42.5 Å². The van der Waals surface area contributed by atoms with Gasteiger partial charge < -0.3 is 26.3 Å². The van der Waals surface area contributed by atoms with E-state index in [1.165, 1.54) is 30.1 Å². The molecule has 150 valence electrons. The highest BCUT2D eigenvalue weighted by Gasteiger charge is 2.12. The van der Waals surface area contributed by atoms with E-state index in [4.69, 9.17) is 5.73 Å². The lowest BCUT2D eigenvalue weighted by Crippen LogP contribution is -2.27. The molecule has 3 amide bonds. The monoisotopic (exact) mass is 396 g/mol. The van der Waals surface area contributed by atoms with Gasteiger partial charge in [0.05, 0.1) is 5.56 Å². The summed E-state index contributed by atoms with van der Waals surface area (Å²) in [6.45, 7) is 0.588. The number of aromatic nitrogens is 3. The van der Waals surface area contributed by atoms with Gasteiger partial charge in [-0.25, -0.2) is 4.79 Å². The average Bonchev–Trinajstić information content (AvgIpc) is 3.33. The van der Waals surface area contributed by atoms with Gasteiger partial charge in [0.25, 0.3) is 11.8 Å². The summed E-state index contributed by atoms with van der Waals surface area (Å²) in [5.74, 6) is -1.32. The number of rotatable bonds is 7. The first kappa shape index (κ1) is 19.7. The third-order valence-corrected chi connectivity index (χ3v) is 4.37. The fraction of sp³-hybridized carbons (Fsp3) is 0.158. The van der Waals surface area contributed by atoms with E-state index in [1.807, 2.05) is 24.3 Å². The van der Waals surface area contributed by atoms with Gasteiger partial charge in [-0.15, -0.1) is 0 Å². The Labute approximate surface area is 165 Å². The number of carbonyl (C=O) groups is 3. The summed E-state index contributed by atoms with van der Waals surface area (Å²) in [5.41, 5.74) is 7.27. The normalized spacial score (nSPS) is 10.5. The number of hydrogen-bond acceptors (Lipinski definition) is 4. The largest absolute Gasteiger partial charge is 0.366 e. The van der Waals surface area contributed by atoms with E-state index in [0.29, 0.717) is 13.1 Å². The maximum atomic E-state index is 12.1. The fourth-order valence-corrected chi connectivity index (χ4v) is 2.64. The Hall–Kier alpha value is -4.08. The standard InChI is InChI=1S/C19H20N6O4/c1-25-15(10-24-19(25)29)18(28)23-8-12-4-2-11(3-5-12)7-22-17(27)14-6-13(9-21-14)16(20)26/h2-6,9-10,21H,7-8H2,1H3,(H2,20,26)(H,22,27)(H,23,28)(H,24,29). The Morgan fingerprint density at radius 3 is 2.03 bits per heavy atom. The number of amides is 3. The van der Waals surface area contributed by atoms with Crippen molar-refractivity contribution in [2.75, 3.05) is 0 Å². The van der Waals surface area contributed by atoms with Crippen LogP contribution < -0.4 is 22.1 Å². The molecule has 6 N–H and O–H groups in total. The highest BCUT2D eigenvalue weighted by Crippen LogP contribution is 2.06. The van der Waals surface area contributed by atoms with Gasteiger partial charge >= 0.3 is 5.69 Å². The Balaban J connectivity index is 1.51. The van der Waals surface area contributed by atoms with E-state index in [1.54, 1.807) is 0 Å². The Morgan fingerprint density at radius 1 is 0.966 bits per heavy atom. The number of imidazole rings is 1. The van der Waals surface area contributed by atoms with E-state index in [-0.39, 0.29) is 34.5 Å². The van der Waals surface area contributed by atoms with Gasteiger partial charge in [-0.05, 0) is 17.2 Å². The number of primary amides is 1. The van der Waals surface area contributed by atoms with Crippen LogP contribution in [0.5, 0.6) is 0 Å². The summed E-state index contributed by atoms with van der Waals surface area (Å²) in [5, 5.41) is 5.48. The first-order valence-electron chi connectivity index (χ1n) is 8.72. The van der Waals surface area contributed by atoms with Crippen molar-refractivity contribution in [2.24, 2.45) is 12.8 Å². The number of nitrogens with one attached hydrogen (secondary N) is 4. The van der Waals surface area contributed by atoms with Gasteiger partial charge in [0.2, 0.25) is 5.91 Å². The van der Waals surface area contributed by atoms with Crippen LogP contribution in [0.15, 0.2) is 47.5 Å². The van der Waals surface area contributed by atoms with Crippen LogP contribution in [0.25, 0.3) is 0 Å². The lowest BCUT2D eigenvalue weighted by atomic mass is 10.1. The van der Waals surface area contributed by atoms with Crippen LogP contribution in [0, 0.1) is 0 Å². The van der Waals surface area contributed by atoms with Crippen LogP contribution in [-0.2, 0) is 20.1 Å². The van der Waals surface area contributed by atoms with E-state index in [0.717, 1.165) is 11.1 Å². The summed E-state index contributed by atoms with van der Waals surface area (Å²) in [4.78, 5) is 51.8. The minimum atomic E-state index is -0.610. The SMILES string of the molecule is Cn1c(C(=O)NCc2ccc(CNC(=O)c3cc(C(N)=O)c[nH]3)cc2)c[nH]c1=O. The van der Waals surface area contributed by atoms with Crippen molar-refractivity contribution in [3.8, 4) is 0 Å². The highest BCUT2D eigenvalue weighted by molar-refractivity contribution is 5.98. The third-order valence-electron chi connectivity index (χ3n) is 4.37. The first-order chi connectivity index (χ1) is 13.8. The van der Waals surface area contributed by atoms with Crippen LogP contribution in [0.4, 0.5) is 0 Å². The number of nitrogens with zero attached hydrogens (tertiary/aromatic N) is 1. The molecule has 29 heavy (non-hydrogen) atoms. The zero-order valence-corrected chi connectivity index (χ0v) is 15.6. The molecule has 2 aromatic heterocycles. The zero-order valence-electron chi connectivity index (χ0n) is 15.6. The molecule has 2 heterocycles. The Kier molecular flexibility index (Phi) is 5.63. The summed E-state index contributed by atoms with van der Waals surface area (Å²) >= 11 is 0. The van der Waals surface area contributed by atoms with Gasteiger partial charge in [-0.2, -0.15) is 0 Å². The van der Waals surface area contributed by atoms with Gasteiger partial charge in [-0.1, -0.05) is 24.3 Å². The third kappa shape index (κ3) is 4.61. The number of carbonyl (C=O) groups excluding carboxylic acids is 3. The molecule has 0 saturated heterocycles. The molecule has 0 aliphatic heterocycles. The molecule has 0 bridgehead atoms. The quantitative estimate of drug-likeness (QED) is 0.381. The molecule has 3 rings (SSSR count). The average molecular weight is 396 g/mol.